The molecule has 0 saturated heterocycles. The summed E-state index contributed by atoms with van der Waals surface area (Å²) in [5.74, 6) is -0.216. The number of para-hydroxylation sites is 1. The predicted molar refractivity (Wildman–Crippen MR) is 109 cm³/mol. The Morgan fingerprint density at radius 1 is 1.07 bits per heavy atom. The van der Waals surface area contributed by atoms with Gasteiger partial charge in [-0.1, -0.05) is 18.2 Å². The normalized spacial score (nSPS) is 11.2. The van der Waals surface area contributed by atoms with Crippen LogP contribution in [0, 0.1) is 12.7 Å². The number of anilines is 4. The van der Waals surface area contributed by atoms with Crippen molar-refractivity contribution in [1.29, 1.82) is 0 Å². The van der Waals surface area contributed by atoms with Crippen molar-refractivity contribution in [3.63, 3.8) is 0 Å². The SMILES string of the molecule is CNS(=O)(=O)c1ccccc1Nc1nc(Nc2cc(C)ccc2OC)ncc1F. The van der Waals surface area contributed by atoms with Gasteiger partial charge < -0.3 is 15.4 Å². The molecule has 29 heavy (non-hydrogen) atoms. The maximum atomic E-state index is 14.3. The summed E-state index contributed by atoms with van der Waals surface area (Å²) in [4.78, 5) is 8.05. The van der Waals surface area contributed by atoms with Crippen molar-refractivity contribution in [2.24, 2.45) is 0 Å². The summed E-state index contributed by atoms with van der Waals surface area (Å²) < 4.78 is 46.3. The molecule has 3 rings (SSSR count). The topological polar surface area (TPSA) is 105 Å². The van der Waals surface area contributed by atoms with E-state index < -0.39 is 15.8 Å². The monoisotopic (exact) mass is 417 g/mol. The Kier molecular flexibility index (Phi) is 5.95. The highest BCUT2D eigenvalue weighted by Crippen LogP contribution is 2.29. The molecular formula is C19H20FN5O3S. The number of benzene rings is 2. The summed E-state index contributed by atoms with van der Waals surface area (Å²) in [7, 11) is -0.909. The fourth-order valence-corrected chi connectivity index (χ4v) is 3.48. The number of aryl methyl sites for hydroxylation is 1. The Hall–Kier alpha value is -3.24. The predicted octanol–water partition coefficient (Wildman–Crippen LogP) is 3.33. The molecule has 3 N–H and O–H groups in total. The minimum Gasteiger partial charge on any atom is -0.495 e. The lowest BCUT2D eigenvalue weighted by atomic mass is 10.2. The van der Waals surface area contributed by atoms with Crippen LogP contribution < -0.4 is 20.1 Å². The van der Waals surface area contributed by atoms with E-state index in [1.54, 1.807) is 18.2 Å². The molecule has 0 spiro atoms. The quantitative estimate of drug-likeness (QED) is 0.541. The second-order valence-electron chi connectivity index (χ2n) is 6.05. The molecule has 0 aliphatic carbocycles. The fraction of sp³-hybridized carbons (Fsp3) is 0.158. The molecule has 0 unspecified atom stereocenters. The Balaban J connectivity index is 1.95. The van der Waals surface area contributed by atoms with Crippen LogP contribution in [-0.4, -0.2) is 32.5 Å². The fourth-order valence-electron chi connectivity index (χ4n) is 2.60. The van der Waals surface area contributed by atoms with E-state index in [1.807, 2.05) is 19.1 Å². The number of halogens is 1. The minimum absolute atomic E-state index is 0.0321. The highest BCUT2D eigenvalue weighted by molar-refractivity contribution is 7.89. The van der Waals surface area contributed by atoms with Gasteiger partial charge in [0.05, 0.1) is 24.7 Å². The van der Waals surface area contributed by atoms with Crippen LogP contribution in [0.1, 0.15) is 5.56 Å². The average molecular weight is 417 g/mol. The molecule has 0 aliphatic heterocycles. The van der Waals surface area contributed by atoms with E-state index in [4.69, 9.17) is 4.74 Å². The van der Waals surface area contributed by atoms with Gasteiger partial charge in [0, 0.05) is 0 Å². The molecule has 152 valence electrons. The molecule has 3 aromatic rings. The number of methoxy groups -OCH3 is 1. The first-order chi connectivity index (χ1) is 13.8. The zero-order valence-electron chi connectivity index (χ0n) is 16.0. The van der Waals surface area contributed by atoms with Crippen LogP contribution in [0.15, 0.2) is 53.6 Å². The second-order valence-corrected chi connectivity index (χ2v) is 7.90. The van der Waals surface area contributed by atoms with Crippen LogP contribution in [0.4, 0.5) is 27.5 Å². The van der Waals surface area contributed by atoms with Gasteiger partial charge in [-0.2, -0.15) is 4.98 Å². The highest BCUT2D eigenvalue weighted by Gasteiger charge is 2.18. The van der Waals surface area contributed by atoms with Gasteiger partial charge in [-0.25, -0.2) is 22.5 Å². The van der Waals surface area contributed by atoms with E-state index in [2.05, 4.69) is 25.3 Å². The standard InChI is InChI=1S/C19H20FN5O3S/c1-12-8-9-16(28-3)15(10-12)24-19-22-11-13(20)18(25-19)23-14-6-4-5-7-17(14)29(26,27)21-2/h4-11,21H,1-3H3,(H2,22,23,24,25). The van der Waals surface area contributed by atoms with Crippen molar-refractivity contribution in [2.45, 2.75) is 11.8 Å². The number of ether oxygens (including phenoxy) is 1. The lowest BCUT2D eigenvalue weighted by Gasteiger charge is -2.14. The Bertz CT molecular complexity index is 1140. The van der Waals surface area contributed by atoms with E-state index >= 15 is 0 Å². The first kappa shape index (κ1) is 20.5. The van der Waals surface area contributed by atoms with Crippen molar-refractivity contribution in [1.82, 2.24) is 14.7 Å². The molecule has 0 saturated carbocycles. The van der Waals surface area contributed by atoms with Crippen molar-refractivity contribution < 1.29 is 17.5 Å². The molecule has 0 atom stereocenters. The van der Waals surface area contributed by atoms with E-state index in [9.17, 15) is 12.8 Å². The van der Waals surface area contributed by atoms with Crippen LogP contribution >= 0.6 is 0 Å². The van der Waals surface area contributed by atoms with Gasteiger partial charge in [-0.05, 0) is 43.8 Å². The maximum Gasteiger partial charge on any atom is 0.242 e. The van der Waals surface area contributed by atoms with Gasteiger partial charge >= 0.3 is 0 Å². The largest absolute Gasteiger partial charge is 0.495 e. The summed E-state index contributed by atoms with van der Waals surface area (Å²) >= 11 is 0. The van der Waals surface area contributed by atoms with Gasteiger partial charge in [0.1, 0.15) is 10.6 Å². The van der Waals surface area contributed by atoms with E-state index in [1.165, 1.54) is 26.3 Å². The minimum atomic E-state index is -3.74. The first-order valence-electron chi connectivity index (χ1n) is 8.58. The van der Waals surface area contributed by atoms with Crippen LogP contribution in [0.5, 0.6) is 5.75 Å². The van der Waals surface area contributed by atoms with Crippen molar-refractivity contribution in [3.8, 4) is 5.75 Å². The summed E-state index contributed by atoms with van der Waals surface area (Å²) in [5.41, 5.74) is 1.78. The third kappa shape index (κ3) is 4.61. The third-order valence-electron chi connectivity index (χ3n) is 4.04. The van der Waals surface area contributed by atoms with Crippen molar-refractivity contribution >= 4 is 33.2 Å². The summed E-state index contributed by atoms with van der Waals surface area (Å²) in [6.45, 7) is 1.92. The van der Waals surface area contributed by atoms with Crippen LogP contribution in [-0.2, 0) is 10.0 Å². The van der Waals surface area contributed by atoms with Gasteiger partial charge in [0.2, 0.25) is 16.0 Å². The highest BCUT2D eigenvalue weighted by atomic mass is 32.2. The van der Waals surface area contributed by atoms with Gasteiger partial charge in [-0.3, -0.25) is 0 Å². The number of aromatic nitrogens is 2. The van der Waals surface area contributed by atoms with Crippen LogP contribution in [0.25, 0.3) is 0 Å². The number of rotatable bonds is 7. The average Bonchev–Trinajstić information content (AvgIpc) is 2.71. The zero-order chi connectivity index (χ0) is 21.0. The molecule has 0 fully saturated rings. The second kappa shape index (κ2) is 8.41. The molecule has 0 aliphatic rings. The maximum absolute atomic E-state index is 14.3. The number of sulfonamides is 1. The van der Waals surface area contributed by atoms with E-state index in [-0.39, 0.29) is 22.3 Å². The van der Waals surface area contributed by atoms with Crippen LogP contribution in [0.2, 0.25) is 0 Å². The summed E-state index contributed by atoms with van der Waals surface area (Å²) in [6.07, 6.45) is 0.995. The van der Waals surface area contributed by atoms with Gasteiger partial charge in [0.25, 0.3) is 0 Å². The molecule has 0 amide bonds. The number of nitrogens with zero attached hydrogens (tertiary/aromatic N) is 2. The Labute approximate surface area is 168 Å². The van der Waals surface area contributed by atoms with Crippen molar-refractivity contribution in [3.05, 3.63) is 60.0 Å². The van der Waals surface area contributed by atoms with Gasteiger partial charge in [-0.15, -0.1) is 0 Å². The Morgan fingerprint density at radius 3 is 2.55 bits per heavy atom. The zero-order valence-corrected chi connectivity index (χ0v) is 16.8. The van der Waals surface area contributed by atoms with Crippen LogP contribution in [0.3, 0.4) is 0 Å². The molecular weight excluding hydrogens is 397 g/mol. The first-order valence-corrected chi connectivity index (χ1v) is 10.1. The lowest BCUT2D eigenvalue weighted by molar-refractivity contribution is 0.416. The molecule has 0 bridgehead atoms. The molecule has 1 aromatic heterocycles. The molecule has 2 aromatic carbocycles. The van der Waals surface area contributed by atoms with E-state index in [0.717, 1.165) is 11.8 Å². The third-order valence-corrected chi connectivity index (χ3v) is 5.52. The Morgan fingerprint density at radius 2 is 1.83 bits per heavy atom. The van der Waals surface area contributed by atoms with Gasteiger partial charge in [0.15, 0.2) is 11.6 Å². The molecule has 10 heteroatoms. The van der Waals surface area contributed by atoms with E-state index in [0.29, 0.717) is 11.4 Å². The summed E-state index contributed by atoms with van der Waals surface area (Å²) in [6, 6.07) is 11.6. The number of hydrogen-bond donors (Lipinski definition) is 3. The smallest absolute Gasteiger partial charge is 0.242 e. The molecule has 8 nitrogen and oxygen atoms in total. The van der Waals surface area contributed by atoms with Crippen molar-refractivity contribution in [2.75, 3.05) is 24.8 Å². The molecule has 0 radical (unpaired) electrons. The number of nitrogens with one attached hydrogen (secondary N) is 3. The number of hydrogen-bond acceptors (Lipinski definition) is 7. The lowest BCUT2D eigenvalue weighted by Crippen LogP contribution is -2.19. The summed E-state index contributed by atoms with van der Waals surface area (Å²) in [5, 5.41) is 5.72. The molecule has 1 heterocycles.